The molecule has 0 atom stereocenters. The largest absolute Gasteiger partial charge is 0.473 e. The fourth-order valence-electron chi connectivity index (χ4n) is 2.63. The van der Waals surface area contributed by atoms with Gasteiger partial charge in [-0.2, -0.15) is 0 Å². The highest BCUT2D eigenvalue weighted by molar-refractivity contribution is 14.0. The van der Waals surface area contributed by atoms with Crippen molar-refractivity contribution in [1.82, 2.24) is 4.98 Å². The Bertz CT molecular complexity index is 900. The average molecular weight is 488 g/mol. The zero-order valence-electron chi connectivity index (χ0n) is 15.8. The van der Waals surface area contributed by atoms with Gasteiger partial charge in [-0.05, 0) is 35.7 Å². The molecule has 0 bridgehead atoms. The van der Waals surface area contributed by atoms with E-state index in [2.05, 4.69) is 34.3 Å². The molecule has 1 aromatic heterocycles. The predicted molar refractivity (Wildman–Crippen MR) is 125 cm³/mol. The summed E-state index contributed by atoms with van der Waals surface area (Å²) >= 11 is 0. The molecule has 0 aliphatic carbocycles. The number of hydrogen-bond donors (Lipinski definition) is 2. The first-order valence-electron chi connectivity index (χ1n) is 9.01. The molecular formula is C22H25IN4O. The van der Waals surface area contributed by atoms with Gasteiger partial charge in [0.1, 0.15) is 6.61 Å². The van der Waals surface area contributed by atoms with Crippen LogP contribution in [0.5, 0.6) is 5.88 Å². The second-order valence-corrected chi connectivity index (χ2v) is 6.12. The molecule has 0 saturated carbocycles. The van der Waals surface area contributed by atoms with Gasteiger partial charge in [-0.3, -0.25) is 0 Å². The van der Waals surface area contributed by atoms with Crippen molar-refractivity contribution in [2.45, 2.75) is 26.5 Å². The number of aromatic nitrogens is 1. The molecule has 6 heteroatoms. The molecule has 3 N–H and O–H groups in total. The quantitative estimate of drug-likeness (QED) is 0.286. The third kappa shape index (κ3) is 6.53. The van der Waals surface area contributed by atoms with Gasteiger partial charge in [0.2, 0.25) is 5.88 Å². The molecule has 2 aromatic carbocycles. The normalized spacial score (nSPS) is 10.8. The Kier molecular flexibility index (Phi) is 8.74. The minimum Gasteiger partial charge on any atom is -0.473 e. The predicted octanol–water partition coefficient (Wildman–Crippen LogP) is 4.77. The summed E-state index contributed by atoms with van der Waals surface area (Å²) in [6.07, 6.45) is 2.69. The lowest BCUT2D eigenvalue weighted by Crippen LogP contribution is -2.22. The number of rotatable bonds is 7. The Morgan fingerprint density at radius 2 is 1.82 bits per heavy atom. The molecule has 1 heterocycles. The molecule has 0 aliphatic rings. The van der Waals surface area contributed by atoms with E-state index in [9.17, 15) is 0 Å². The number of pyridine rings is 1. The molecule has 0 saturated heterocycles. The Hall–Kier alpha value is -2.61. The molecule has 0 fully saturated rings. The molecule has 0 spiro atoms. The third-order valence-corrected chi connectivity index (χ3v) is 4.10. The van der Waals surface area contributed by atoms with Crippen LogP contribution < -0.4 is 15.8 Å². The van der Waals surface area contributed by atoms with E-state index in [1.54, 1.807) is 6.20 Å². The zero-order valence-corrected chi connectivity index (χ0v) is 18.2. The van der Waals surface area contributed by atoms with Crippen LogP contribution in [-0.2, 0) is 19.6 Å². The number of benzene rings is 2. The summed E-state index contributed by atoms with van der Waals surface area (Å²) in [5, 5.41) is 3.13. The summed E-state index contributed by atoms with van der Waals surface area (Å²) in [6, 6.07) is 22.0. The van der Waals surface area contributed by atoms with Crippen LogP contribution >= 0.6 is 24.0 Å². The summed E-state index contributed by atoms with van der Waals surface area (Å²) < 4.78 is 5.86. The van der Waals surface area contributed by atoms with E-state index < -0.39 is 0 Å². The van der Waals surface area contributed by atoms with Gasteiger partial charge in [0.05, 0.1) is 6.54 Å². The smallest absolute Gasteiger partial charge is 0.218 e. The van der Waals surface area contributed by atoms with Crippen molar-refractivity contribution in [2.24, 2.45) is 10.7 Å². The van der Waals surface area contributed by atoms with Gasteiger partial charge in [-0.1, -0.05) is 55.5 Å². The van der Waals surface area contributed by atoms with Crippen molar-refractivity contribution in [3.05, 3.63) is 89.6 Å². The van der Waals surface area contributed by atoms with Gasteiger partial charge < -0.3 is 15.8 Å². The van der Waals surface area contributed by atoms with Crippen LogP contribution in [0.25, 0.3) is 0 Å². The van der Waals surface area contributed by atoms with E-state index in [1.807, 2.05) is 54.6 Å². The van der Waals surface area contributed by atoms with E-state index in [4.69, 9.17) is 10.5 Å². The number of halogens is 1. The Morgan fingerprint density at radius 3 is 2.61 bits per heavy atom. The number of nitrogens with one attached hydrogen (secondary N) is 1. The fraction of sp³-hybridized carbons (Fsp3) is 0.182. The van der Waals surface area contributed by atoms with Crippen molar-refractivity contribution in [3.8, 4) is 5.88 Å². The molecule has 5 nitrogen and oxygen atoms in total. The fourth-order valence-corrected chi connectivity index (χ4v) is 2.63. The number of nitrogens with zero attached hydrogens (tertiary/aromatic N) is 2. The van der Waals surface area contributed by atoms with Crippen molar-refractivity contribution >= 4 is 35.6 Å². The van der Waals surface area contributed by atoms with Gasteiger partial charge in [0, 0.05) is 17.4 Å². The van der Waals surface area contributed by atoms with Crippen LogP contribution in [0.1, 0.15) is 23.6 Å². The van der Waals surface area contributed by atoms with Crippen molar-refractivity contribution in [1.29, 1.82) is 0 Å². The van der Waals surface area contributed by atoms with Gasteiger partial charge in [-0.25, -0.2) is 9.98 Å². The molecule has 0 amide bonds. The van der Waals surface area contributed by atoms with Crippen LogP contribution in [-0.4, -0.2) is 10.9 Å². The first kappa shape index (κ1) is 21.7. The Morgan fingerprint density at radius 1 is 1.04 bits per heavy atom. The lowest BCUT2D eigenvalue weighted by molar-refractivity contribution is 0.290. The van der Waals surface area contributed by atoms with Crippen molar-refractivity contribution < 1.29 is 4.74 Å². The summed E-state index contributed by atoms with van der Waals surface area (Å²) in [5.74, 6) is 0.937. The molecule has 146 valence electrons. The SMILES string of the molecule is CCc1cccc(NC(N)=NCc2cccnc2OCc2ccccc2)c1.I. The maximum Gasteiger partial charge on any atom is 0.218 e. The first-order chi connectivity index (χ1) is 13.2. The van der Waals surface area contributed by atoms with E-state index >= 15 is 0 Å². The third-order valence-electron chi connectivity index (χ3n) is 4.10. The summed E-state index contributed by atoms with van der Waals surface area (Å²) in [5.41, 5.74) is 10.2. The Balaban J connectivity index is 0.00000280. The number of ether oxygens (including phenoxy) is 1. The van der Waals surface area contributed by atoms with E-state index in [0.29, 0.717) is 25.0 Å². The number of nitrogens with two attached hydrogens (primary N) is 1. The molecule has 28 heavy (non-hydrogen) atoms. The highest BCUT2D eigenvalue weighted by Gasteiger charge is 2.05. The first-order valence-corrected chi connectivity index (χ1v) is 9.01. The van der Waals surface area contributed by atoms with Gasteiger partial charge in [-0.15, -0.1) is 24.0 Å². The summed E-state index contributed by atoms with van der Waals surface area (Å²) in [6.45, 7) is 2.98. The minimum absolute atomic E-state index is 0. The second kappa shape index (κ2) is 11.3. The highest BCUT2D eigenvalue weighted by Crippen LogP contribution is 2.17. The van der Waals surface area contributed by atoms with Crippen molar-refractivity contribution in [3.63, 3.8) is 0 Å². The van der Waals surface area contributed by atoms with Crippen LogP contribution in [0, 0.1) is 0 Å². The van der Waals surface area contributed by atoms with Gasteiger partial charge in [0.25, 0.3) is 0 Å². The molecular weight excluding hydrogens is 463 g/mol. The number of hydrogen-bond acceptors (Lipinski definition) is 3. The maximum absolute atomic E-state index is 6.04. The van der Waals surface area contributed by atoms with Crippen LogP contribution in [0.2, 0.25) is 0 Å². The molecule has 0 unspecified atom stereocenters. The number of aryl methyl sites for hydroxylation is 1. The standard InChI is InChI=1S/C22H24N4O.HI/c1-2-17-10-6-12-20(14-17)26-22(23)25-15-19-11-7-13-24-21(19)27-16-18-8-4-3-5-9-18;/h3-14H,2,15-16H2,1H3,(H3,23,25,26);1H. The Labute approximate surface area is 183 Å². The van der Waals surface area contributed by atoms with Crippen LogP contribution in [0.15, 0.2) is 77.9 Å². The van der Waals surface area contributed by atoms with E-state index in [0.717, 1.165) is 23.2 Å². The van der Waals surface area contributed by atoms with Crippen LogP contribution in [0.4, 0.5) is 5.69 Å². The van der Waals surface area contributed by atoms with Crippen molar-refractivity contribution in [2.75, 3.05) is 5.32 Å². The van der Waals surface area contributed by atoms with Crippen LogP contribution in [0.3, 0.4) is 0 Å². The summed E-state index contributed by atoms with van der Waals surface area (Å²) in [4.78, 5) is 8.75. The number of aliphatic imine (C=N–C) groups is 1. The second-order valence-electron chi connectivity index (χ2n) is 6.12. The van der Waals surface area contributed by atoms with E-state index in [-0.39, 0.29) is 24.0 Å². The lowest BCUT2D eigenvalue weighted by atomic mass is 10.1. The molecule has 3 aromatic rings. The van der Waals surface area contributed by atoms with Gasteiger partial charge >= 0.3 is 0 Å². The maximum atomic E-state index is 6.04. The topological polar surface area (TPSA) is 72.5 Å². The monoisotopic (exact) mass is 488 g/mol. The van der Waals surface area contributed by atoms with E-state index in [1.165, 1.54) is 5.56 Å². The molecule has 0 aliphatic heterocycles. The van der Waals surface area contributed by atoms with Gasteiger partial charge in [0.15, 0.2) is 5.96 Å². The minimum atomic E-state index is 0. The molecule has 3 rings (SSSR count). The number of guanidine groups is 1. The average Bonchev–Trinajstić information content (AvgIpc) is 2.72. The highest BCUT2D eigenvalue weighted by atomic mass is 127. The lowest BCUT2D eigenvalue weighted by Gasteiger charge is -2.10. The zero-order chi connectivity index (χ0) is 18.9. The molecule has 0 radical (unpaired) electrons. The summed E-state index contributed by atoms with van der Waals surface area (Å²) in [7, 11) is 0. The number of anilines is 1.